The zero-order chi connectivity index (χ0) is 16.0. The summed E-state index contributed by atoms with van der Waals surface area (Å²) in [4.78, 5) is 22.9. The van der Waals surface area contributed by atoms with E-state index in [0.717, 1.165) is 19.3 Å². The Kier molecular flexibility index (Phi) is 6.65. The fraction of sp³-hybridized carbons (Fsp3) is 0.467. The second-order valence-electron chi connectivity index (χ2n) is 5.30. The van der Waals surface area contributed by atoms with E-state index in [9.17, 15) is 9.59 Å². The lowest BCUT2D eigenvalue weighted by Gasteiger charge is -2.13. The van der Waals surface area contributed by atoms with Crippen LogP contribution in [0, 0.1) is 5.92 Å². The van der Waals surface area contributed by atoms with Crippen LogP contribution in [0.4, 0.5) is 5.69 Å². The summed E-state index contributed by atoms with van der Waals surface area (Å²) in [6, 6.07) is 4.49. The molecule has 0 saturated carbocycles. The van der Waals surface area contributed by atoms with Gasteiger partial charge in [0.1, 0.15) is 0 Å². The van der Waals surface area contributed by atoms with Crippen LogP contribution in [0.2, 0.25) is 5.02 Å². The molecule has 5 nitrogen and oxygen atoms in total. The third-order valence-electron chi connectivity index (χ3n) is 3.21. The van der Waals surface area contributed by atoms with Gasteiger partial charge in [-0.2, -0.15) is 0 Å². The maximum Gasteiger partial charge on any atom is 0.337 e. The van der Waals surface area contributed by atoms with Gasteiger partial charge in [0.05, 0.1) is 10.6 Å². The molecule has 1 aromatic rings. The van der Waals surface area contributed by atoms with Crippen LogP contribution in [-0.2, 0) is 4.79 Å². The summed E-state index contributed by atoms with van der Waals surface area (Å²) < 4.78 is 0. The Hall–Kier alpha value is -1.59. The van der Waals surface area contributed by atoms with Crippen LogP contribution < -0.4 is 11.1 Å². The summed E-state index contributed by atoms with van der Waals surface area (Å²) in [5.74, 6) is -1.34. The molecule has 1 rings (SSSR count). The van der Waals surface area contributed by atoms with E-state index in [1.807, 2.05) is 13.8 Å². The number of amides is 1. The smallest absolute Gasteiger partial charge is 0.337 e. The number of aromatic carboxylic acids is 1. The van der Waals surface area contributed by atoms with Gasteiger partial charge in [0, 0.05) is 17.6 Å². The van der Waals surface area contributed by atoms with Crippen LogP contribution in [0.5, 0.6) is 0 Å². The first-order valence-electron chi connectivity index (χ1n) is 6.90. The fourth-order valence-corrected chi connectivity index (χ4v) is 2.17. The van der Waals surface area contributed by atoms with E-state index >= 15 is 0 Å². The topological polar surface area (TPSA) is 92.4 Å². The fourth-order valence-electron chi connectivity index (χ4n) is 1.91. The number of benzene rings is 1. The highest BCUT2D eigenvalue weighted by Gasteiger charge is 2.15. The second kappa shape index (κ2) is 8.00. The third-order valence-corrected chi connectivity index (χ3v) is 3.52. The van der Waals surface area contributed by atoms with Crippen LogP contribution >= 0.6 is 11.6 Å². The Bertz CT molecular complexity index is 518. The maximum atomic E-state index is 12.0. The summed E-state index contributed by atoms with van der Waals surface area (Å²) in [6.07, 6.45) is 2.54. The standard InChI is InChI=1S/C15H21ClN2O3/c1-9(4-3-5-10(2)17)14(19)18-11-6-7-12(15(20)21)13(16)8-11/h6-10H,3-5,17H2,1-2H3,(H,18,19)(H,20,21). The molecule has 2 atom stereocenters. The molecule has 0 spiro atoms. The van der Waals surface area contributed by atoms with Crippen LogP contribution in [0.1, 0.15) is 43.5 Å². The molecule has 0 saturated heterocycles. The first kappa shape index (κ1) is 17.5. The number of hydrogen-bond donors (Lipinski definition) is 3. The van der Waals surface area contributed by atoms with E-state index in [2.05, 4.69) is 5.32 Å². The molecule has 0 bridgehead atoms. The van der Waals surface area contributed by atoms with E-state index in [0.29, 0.717) is 5.69 Å². The minimum Gasteiger partial charge on any atom is -0.478 e. The number of carboxylic acid groups (broad SMARTS) is 1. The highest BCUT2D eigenvalue weighted by Crippen LogP contribution is 2.22. The average Bonchev–Trinajstić information content (AvgIpc) is 2.37. The van der Waals surface area contributed by atoms with Crippen molar-refractivity contribution in [1.82, 2.24) is 0 Å². The normalized spacial score (nSPS) is 13.5. The number of nitrogens with one attached hydrogen (secondary N) is 1. The minimum absolute atomic E-state index is 0.0136. The van der Waals surface area contributed by atoms with Crippen LogP contribution in [0.3, 0.4) is 0 Å². The van der Waals surface area contributed by atoms with Gasteiger partial charge in [-0.1, -0.05) is 24.9 Å². The molecule has 0 radical (unpaired) electrons. The van der Waals surface area contributed by atoms with E-state index in [1.165, 1.54) is 18.2 Å². The molecule has 4 N–H and O–H groups in total. The monoisotopic (exact) mass is 312 g/mol. The van der Waals surface area contributed by atoms with Gasteiger partial charge >= 0.3 is 5.97 Å². The predicted octanol–water partition coefficient (Wildman–Crippen LogP) is 3.13. The molecular formula is C15H21ClN2O3. The number of rotatable bonds is 7. The largest absolute Gasteiger partial charge is 0.478 e. The third kappa shape index (κ3) is 5.73. The average molecular weight is 313 g/mol. The molecule has 1 amide bonds. The van der Waals surface area contributed by atoms with Crippen molar-refractivity contribution >= 4 is 29.2 Å². The number of halogens is 1. The van der Waals surface area contributed by atoms with E-state index in [1.54, 1.807) is 0 Å². The zero-order valence-electron chi connectivity index (χ0n) is 12.2. The van der Waals surface area contributed by atoms with E-state index < -0.39 is 5.97 Å². The predicted molar refractivity (Wildman–Crippen MR) is 83.7 cm³/mol. The van der Waals surface area contributed by atoms with Crippen molar-refractivity contribution in [2.45, 2.75) is 39.2 Å². The molecule has 2 unspecified atom stereocenters. The number of carbonyl (C=O) groups excluding carboxylic acids is 1. The lowest BCUT2D eigenvalue weighted by atomic mass is 10.0. The number of carbonyl (C=O) groups is 2. The van der Waals surface area contributed by atoms with Crippen LogP contribution in [-0.4, -0.2) is 23.0 Å². The molecule has 6 heteroatoms. The number of hydrogen-bond acceptors (Lipinski definition) is 3. The van der Waals surface area contributed by atoms with Crippen molar-refractivity contribution in [3.63, 3.8) is 0 Å². The molecule has 21 heavy (non-hydrogen) atoms. The van der Waals surface area contributed by atoms with E-state index in [4.69, 9.17) is 22.4 Å². The molecular weight excluding hydrogens is 292 g/mol. The molecule has 0 aliphatic heterocycles. The summed E-state index contributed by atoms with van der Waals surface area (Å²) >= 11 is 5.86. The Morgan fingerprint density at radius 1 is 1.33 bits per heavy atom. The Balaban J connectivity index is 2.58. The number of nitrogens with two attached hydrogens (primary N) is 1. The lowest BCUT2D eigenvalue weighted by Crippen LogP contribution is -2.21. The first-order valence-corrected chi connectivity index (χ1v) is 7.28. The highest BCUT2D eigenvalue weighted by molar-refractivity contribution is 6.33. The van der Waals surface area contributed by atoms with Gasteiger partial charge in [-0.15, -0.1) is 0 Å². The van der Waals surface area contributed by atoms with Crippen LogP contribution in [0.15, 0.2) is 18.2 Å². The Morgan fingerprint density at radius 2 is 2.00 bits per heavy atom. The van der Waals surface area contributed by atoms with Crippen molar-refractivity contribution in [2.24, 2.45) is 11.7 Å². The summed E-state index contributed by atoms with van der Waals surface area (Å²) in [5, 5.41) is 11.7. The van der Waals surface area contributed by atoms with Gasteiger partial charge < -0.3 is 16.2 Å². The Morgan fingerprint density at radius 3 is 2.52 bits per heavy atom. The Labute approximate surface area is 129 Å². The molecule has 0 heterocycles. The van der Waals surface area contributed by atoms with Crippen molar-refractivity contribution in [3.05, 3.63) is 28.8 Å². The van der Waals surface area contributed by atoms with Crippen LogP contribution in [0.25, 0.3) is 0 Å². The minimum atomic E-state index is -1.10. The molecule has 1 aromatic carbocycles. The van der Waals surface area contributed by atoms with Gasteiger partial charge in [-0.05, 0) is 38.0 Å². The van der Waals surface area contributed by atoms with Gasteiger partial charge in [-0.25, -0.2) is 4.79 Å². The lowest BCUT2D eigenvalue weighted by molar-refractivity contribution is -0.119. The SMILES string of the molecule is CC(N)CCCC(C)C(=O)Nc1ccc(C(=O)O)c(Cl)c1. The van der Waals surface area contributed by atoms with Crippen molar-refractivity contribution in [3.8, 4) is 0 Å². The summed E-state index contributed by atoms with van der Waals surface area (Å²) in [6.45, 7) is 3.79. The zero-order valence-corrected chi connectivity index (χ0v) is 13.0. The van der Waals surface area contributed by atoms with Gasteiger partial charge in [0.2, 0.25) is 5.91 Å². The summed E-state index contributed by atoms with van der Waals surface area (Å²) in [5.41, 5.74) is 6.18. The molecule has 0 aromatic heterocycles. The second-order valence-corrected chi connectivity index (χ2v) is 5.71. The van der Waals surface area contributed by atoms with Gasteiger partial charge in [0.25, 0.3) is 0 Å². The molecule has 116 valence electrons. The van der Waals surface area contributed by atoms with Crippen molar-refractivity contribution in [2.75, 3.05) is 5.32 Å². The number of carboxylic acids is 1. The van der Waals surface area contributed by atoms with Gasteiger partial charge in [-0.3, -0.25) is 4.79 Å². The van der Waals surface area contributed by atoms with Crippen molar-refractivity contribution in [1.29, 1.82) is 0 Å². The van der Waals surface area contributed by atoms with Crippen molar-refractivity contribution < 1.29 is 14.7 Å². The van der Waals surface area contributed by atoms with Gasteiger partial charge in [0.15, 0.2) is 0 Å². The quantitative estimate of drug-likeness (QED) is 0.721. The maximum absolute atomic E-state index is 12.0. The van der Waals surface area contributed by atoms with E-state index in [-0.39, 0.29) is 28.5 Å². The molecule has 0 fully saturated rings. The molecule has 0 aliphatic carbocycles. The molecule has 0 aliphatic rings. The first-order chi connectivity index (χ1) is 9.81. The summed E-state index contributed by atoms with van der Waals surface area (Å²) in [7, 11) is 0. The highest BCUT2D eigenvalue weighted by atomic mass is 35.5. The number of anilines is 1.